The molecule has 0 aliphatic carbocycles. The summed E-state index contributed by atoms with van der Waals surface area (Å²) in [4.78, 5) is 1.31. The third-order valence-corrected chi connectivity index (χ3v) is 5.64. The molecule has 1 aromatic heterocycles. The molecule has 1 N–H and O–H groups in total. The van der Waals surface area contributed by atoms with Gasteiger partial charge in [0, 0.05) is 15.9 Å². The van der Waals surface area contributed by atoms with Gasteiger partial charge in [-0.05, 0) is 36.8 Å². The molecule has 0 radical (unpaired) electrons. The number of hydrogen-bond donors (Lipinski definition) is 1. The molecule has 2 rings (SSSR count). The Labute approximate surface area is 129 Å². The van der Waals surface area contributed by atoms with Gasteiger partial charge in [0.15, 0.2) is 0 Å². The van der Waals surface area contributed by atoms with Gasteiger partial charge in [-0.1, -0.05) is 33.6 Å². The van der Waals surface area contributed by atoms with Crippen LogP contribution in [0.25, 0.3) is 0 Å². The maximum absolute atomic E-state index is 12.0. The average Bonchev–Trinajstić information content (AvgIpc) is 2.75. The second-order valence-corrected chi connectivity index (χ2v) is 8.29. The summed E-state index contributed by atoms with van der Waals surface area (Å²) in [5.41, 5.74) is 0. The zero-order valence-electron chi connectivity index (χ0n) is 9.77. The Hall–Kier alpha value is -0.400. The molecule has 0 saturated carbocycles. The number of thiophene rings is 1. The second kappa shape index (κ2) is 6.37. The number of sulfonamides is 1. The Morgan fingerprint density at radius 1 is 1.26 bits per heavy atom. The van der Waals surface area contributed by atoms with Gasteiger partial charge in [0.1, 0.15) is 0 Å². The fourth-order valence-corrected chi connectivity index (χ4v) is 4.23. The van der Waals surface area contributed by atoms with Crippen molar-refractivity contribution in [1.82, 2.24) is 4.72 Å². The first-order valence-corrected chi connectivity index (χ1v) is 8.94. The van der Waals surface area contributed by atoms with Gasteiger partial charge < -0.3 is 0 Å². The molecule has 19 heavy (non-hydrogen) atoms. The predicted octanol–water partition coefficient (Wildman–Crippen LogP) is 3.69. The predicted molar refractivity (Wildman–Crippen MR) is 82.4 cm³/mol. The molecule has 0 aliphatic rings. The molecule has 0 fully saturated rings. The standard InChI is InChI=1S/C12H11BrClNO2S2/c13-9-2-1-3-11(8-9)19(16,17)15-7-6-10-4-5-12(14)18-10/h1-5,8,15H,6-7H2. The maximum atomic E-state index is 12.0. The number of nitrogens with one attached hydrogen (secondary N) is 1. The van der Waals surface area contributed by atoms with E-state index in [4.69, 9.17) is 11.6 Å². The molecule has 2 aromatic rings. The van der Waals surface area contributed by atoms with Crippen molar-refractivity contribution in [2.45, 2.75) is 11.3 Å². The zero-order valence-corrected chi connectivity index (χ0v) is 13.7. The highest BCUT2D eigenvalue weighted by molar-refractivity contribution is 9.10. The lowest BCUT2D eigenvalue weighted by Crippen LogP contribution is -2.25. The van der Waals surface area contributed by atoms with Crippen LogP contribution in [0.4, 0.5) is 0 Å². The highest BCUT2D eigenvalue weighted by atomic mass is 79.9. The highest BCUT2D eigenvalue weighted by Crippen LogP contribution is 2.21. The number of hydrogen-bond acceptors (Lipinski definition) is 3. The zero-order chi connectivity index (χ0) is 13.9. The molecule has 1 heterocycles. The summed E-state index contributed by atoms with van der Waals surface area (Å²) in [6.45, 7) is 0.353. The Morgan fingerprint density at radius 3 is 2.68 bits per heavy atom. The molecule has 0 amide bonds. The van der Waals surface area contributed by atoms with Crippen LogP contribution in [0.2, 0.25) is 4.34 Å². The van der Waals surface area contributed by atoms with Crippen LogP contribution in [0.3, 0.4) is 0 Å². The van der Waals surface area contributed by atoms with Crippen molar-refractivity contribution in [2.75, 3.05) is 6.54 Å². The number of halogens is 2. The van der Waals surface area contributed by atoms with E-state index in [-0.39, 0.29) is 4.90 Å². The molecule has 1 aromatic carbocycles. The van der Waals surface area contributed by atoms with Crippen LogP contribution in [0.1, 0.15) is 4.88 Å². The fourth-order valence-electron chi connectivity index (χ4n) is 1.51. The van der Waals surface area contributed by atoms with Crippen LogP contribution >= 0.6 is 38.9 Å². The van der Waals surface area contributed by atoms with E-state index in [1.807, 2.05) is 12.1 Å². The minimum Gasteiger partial charge on any atom is -0.211 e. The lowest BCUT2D eigenvalue weighted by Gasteiger charge is -2.06. The summed E-state index contributed by atoms with van der Waals surface area (Å²) in [7, 11) is -3.45. The monoisotopic (exact) mass is 379 g/mol. The van der Waals surface area contributed by atoms with Crippen molar-refractivity contribution in [3.63, 3.8) is 0 Å². The van der Waals surface area contributed by atoms with E-state index >= 15 is 0 Å². The van der Waals surface area contributed by atoms with Gasteiger partial charge in [-0.25, -0.2) is 13.1 Å². The molecule has 0 saturated heterocycles. The SMILES string of the molecule is O=S(=O)(NCCc1ccc(Cl)s1)c1cccc(Br)c1. The van der Waals surface area contributed by atoms with E-state index in [2.05, 4.69) is 20.7 Å². The van der Waals surface area contributed by atoms with Crippen molar-refractivity contribution in [1.29, 1.82) is 0 Å². The Balaban J connectivity index is 1.98. The largest absolute Gasteiger partial charge is 0.240 e. The Bertz CT molecular complexity index is 670. The molecular formula is C12H11BrClNO2S2. The quantitative estimate of drug-likeness (QED) is 0.860. The topological polar surface area (TPSA) is 46.2 Å². The molecule has 0 spiro atoms. The van der Waals surface area contributed by atoms with Crippen LogP contribution in [-0.4, -0.2) is 15.0 Å². The first-order chi connectivity index (χ1) is 8.97. The first-order valence-electron chi connectivity index (χ1n) is 5.47. The number of rotatable bonds is 5. The summed E-state index contributed by atoms with van der Waals surface area (Å²) in [5.74, 6) is 0. The summed E-state index contributed by atoms with van der Waals surface area (Å²) in [6.07, 6.45) is 0.630. The average molecular weight is 381 g/mol. The van der Waals surface area contributed by atoms with Crippen molar-refractivity contribution < 1.29 is 8.42 Å². The minimum atomic E-state index is -3.45. The van der Waals surface area contributed by atoms with Gasteiger partial charge in [0.25, 0.3) is 0 Å². The van der Waals surface area contributed by atoms with Crippen LogP contribution in [-0.2, 0) is 16.4 Å². The fraction of sp³-hybridized carbons (Fsp3) is 0.167. The van der Waals surface area contributed by atoms with Gasteiger partial charge in [-0.3, -0.25) is 0 Å². The summed E-state index contributed by atoms with van der Waals surface area (Å²) >= 11 is 10.5. The molecule has 7 heteroatoms. The van der Waals surface area contributed by atoms with Gasteiger partial charge in [0.2, 0.25) is 10.0 Å². The molecule has 0 atom stereocenters. The van der Waals surface area contributed by atoms with Crippen molar-refractivity contribution in [3.8, 4) is 0 Å². The Morgan fingerprint density at radius 2 is 2.05 bits per heavy atom. The van der Waals surface area contributed by atoms with Crippen LogP contribution < -0.4 is 4.72 Å². The van der Waals surface area contributed by atoms with E-state index in [0.717, 1.165) is 9.35 Å². The lowest BCUT2D eigenvalue weighted by atomic mass is 10.3. The van der Waals surface area contributed by atoms with E-state index in [0.29, 0.717) is 17.3 Å². The summed E-state index contributed by atoms with van der Waals surface area (Å²) in [6, 6.07) is 10.3. The lowest BCUT2D eigenvalue weighted by molar-refractivity contribution is 0.582. The highest BCUT2D eigenvalue weighted by Gasteiger charge is 2.13. The molecular weight excluding hydrogens is 370 g/mol. The molecule has 0 bridgehead atoms. The van der Waals surface area contributed by atoms with Crippen molar-refractivity contribution in [2.24, 2.45) is 0 Å². The van der Waals surface area contributed by atoms with Gasteiger partial charge in [-0.2, -0.15) is 0 Å². The third kappa shape index (κ3) is 4.29. The van der Waals surface area contributed by atoms with Gasteiger partial charge >= 0.3 is 0 Å². The third-order valence-electron chi connectivity index (χ3n) is 2.40. The molecule has 3 nitrogen and oxygen atoms in total. The molecule has 0 unspecified atom stereocenters. The maximum Gasteiger partial charge on any atom is 0.240 e. The van der Waals surface area contributed by atoms with Crippen molar-refractivity contribution >= 4 is 48.9 Å². The molecule has 102 valence electrons. The first kappa shape index (κ1) is 15.0. The van der Waals surface area contributed by atoms with Crippen molar-refractivity contribution in [3.05, 3.63) is 50.1 Å². The van der Waals surface area contributed by atoms with Gasteiger partial charge in [0.05, 0.1) is 9.23 Å². The van der Waals surface area contributed by atoms with Crippen LogP contribution in [0, 0.1) is 0 Å². The van der Waals surface area contributed by atoms with Crippen LogP contribution in [0.15, 0.2) is 45.8 Å². The molecule has 0 aliphatic heterocycles. The second-order valence-electron chi connectivity index (χ2n) is 3.81. The summed E-state index contributed by atoms with van der Waals surface area (Å²) in [5, 5.41) is 0. The van der Waals surface area contributed by atoms with E-state index in [1.54, 1.807) is 24.3 Å². The van der Waals surface area contributed by atoms with E-state index < -0.39 is 10.0 Å². The Kier molecular flexibility index (Phi) is 5.03. The van der Waals surface area contributed by atoms with E-state index in [1.165, 1.54) is 11.3 Å². The number of benzene rings is 1. The van der Waals surface area contributed by atoms with Crippen LogP contribution in [0.5, 0.6) is 0 Å². The minimum absolute atomic E-state index is 0.256. The normalized spacial score (nSPS) is 11.7. The van der Waals surface area contributed by atoms with E-state index in [9.17, 15) is 8.42 Å². The van der Waals surface area contributed by atoms with Gasteiger partial charge in [-0.15, -0.1) is 11.3 Å². The smallest absolute Gasteiger partial charge is 0.211 e. The summed E-state index contributed by atoms with van der Waals surface area (Å²) < 4.78 is 28.1.